The molecular weight excluding hydrogens is 300 g/mol. The Morgan fingerprint density at radius 1 is 1.12 bits per heavy atom. The van der Waals surface area contributed by atoms with Crippen LogP contribution < -0.4 is 10.9 Å². The lowest BCUT2D eigenvalue weighted by Crippen LogP contribution is -2.26. The fraction of sp³-hybridized carbons (Fsp3) is 0.400. The quantitative estimate of drug-likeness (QED) is 0.906. The predicted octanol–water partition coefficient (Wildman–Crippen LogP) is 3.26. The molecule has 2 aromatic rings. The van der Waals surface area contributed by atoms with Crippen LogP contribution in [0.25, 0.3) is 0 Å². The fourth-order valence-corrected chi connectivity index (χ4v) is 2.78. The van der Waals surface area contributed by atoms with E-state index in [0.717, 1.165) is 6.42 Å². The molecule has 0 aliphatic heterocycles. The Kier molecular flexibility index (Phi) is 5.27. The number of benzene rings is 1. The normalized spacial score (nSPS) is 11.4. The molecule has 2 rings (SSSR count). The van der Waals surface area contributed by atoms with Crippen LogP contribution in [0.15, 0.2) is 35.3 Å². The third kappa shape index (κ3) is 4.34. The van der Waals surface area contributed by atoms with Crippen molar-refractivity contribution in [2.75, 3.05) is 6.54 Å². The molecule has 1 amide bonds. The van der Waals surface area contributed by atoms with Gasteiger partial charge in [0.05, 0.1) is 5.56 Å². The molecule has 0 aliphatic rings. The average molecular weight is 326 g/mol. The molecule has 0 saturated carbocycles. The maximum atomic E-state index is 12.1. The summed E-state index contributed by atoms with van der Waals surface area (Å²) >= 11 is 0. The number of amides is 1. The molecule has 128 valence electrons. The average Bonchev–Trinajstić information content (AvgIpc) is 2.49. The van der Waals surface area contributed by atoms with Crippen molar-refractivity contribution in [2.24, 2.45) is 0 Å². The third-order valence-electron chi connectivity index (χ3n) is 4.27. The summed E-state index contributed by atoms with van der Waals surface area (Å²) in [6.45, 7) is 11.5. The molecule has 1 heterocycles. The lowest BCUT2D eigenvalue weighted by molar-refractivity contribution is 0.0953. The smallest absolute Gasteiger partial charge is 0.252 e. The molecule has 4 heteroatoms. The second-order valence-corrected chi connectivity index (χ2v) is 7.29. The highest BCUT2D eigenvalue weighted by Crippen LogP contribution is 2.27. The molecule has 24 heavy (non-hydrogen) atoms. The lowest BCUT2D eigenvalue weighted by Gasteiger charge is -2.22. The zero-order chi connectivity index (χ0) is 17.9. The minimum atomic E-state index is -0.211. The van der Waals surface area contributed by atoms with Crippen molar-refractivity contribution in [1.82, 2.24) is 10.3 Å². The number of aromatic amines is 1. The number of pyridine rings is 1. The van der Waals surface area contributed by atoms with E-state index in [1.54, 1.807) is 0 Å². The maximum absolute atomic E-state index is 12.1. The van der Waals surface area contributed by atoms with Crippen molar-refractivity contribution in [3.8, 4) is 0 Å². The van der Waals surface area contributed by atoms with Crippen LogP contribution in [0.1, 0.15) is 53.4 Å². The Morgan fingerprint density at radius 3 is 2.25 bits per heavy atom. The van der Waals surface area contributed by atoms with E-state index >= 15 is 0 Å². The molecule has 0 saturated heterocycles. The predicted molar refractivity (Wildman–Crippen MR) is 97.7 cm³/mol. The van der Waals surface area contributed by atoms with Gasteiger partial charge in [0.25, 0.3) is 5.91 Å². The molecule has 0 fully saturated rings. The van der Waals surface area contributed by atoms with Crippen LogP contribution in [0.5, 0.6) is 0 Å². The van der Waals surface area contributed by atoms with E-state index in [1.165, 1.54) is 40.6 Å². The summed E-state index contributed by atoms with van der Waals surface area (Å²) < 4.78 is 0. The van der Waals surface area contributed by atoms with Crippen LogP contribution >= 0.6 is 0 Å². The Labute approximate surface area is 143 Å². The molecule has 0 aliphatic carbocycles. The summed E-state index contributed by atoms with van der Waals surface area (Å²) in [6, 6.07) is 7.37. The molecule has 4 nitrogen and oxygen atoms in total. The van der Waals surface area contributed by atoms with Gasteiger partial charge in [-0.05, 0) is 54.0 Å². The third-order valence-corrected chi connectivity index (χ3v) is 4.27. The molecule has 1 aromatic heterocycles. The minimum Gasteiger partial charge on any atom is -0.352 e. The topological polar surface area (TPSA) is 62.0 Å². The molecule has 1 aromatic carbocycles. The zero-order valence-corrected chi connectivity index (χ0v) is 15.1. The highest BCUT2D eigenvalue weighted by molar-refractivity contribution is 5.93. The van der Waals surface area contributed by atoms with Crippen molar-refractivity contribution >= 4 is 5.91 Å². The van der Waals surface area contributed by atoms with Gasteiger partial charge in [0, 0.05) is 18.8 Å². The fourth-order valence-electron chi connectivity index (χ4n) is 2.78. The van der Waals surface area contributed by atoms with E-state index in [0.29, 0.717) is 12.1 Å². The Hall–Kier alpha value is -2.36. The van der Waals surface area contributed by atoms with Crippen molar-refractivity contribution in [3.63, 3.8) is 0 Å². The van der Waals surface area contributed by atoms with E-state index in [-0.39, 0.29) is 16.9 Å². The zero-order valence-electron chi connectivity index (χ0n) is 15.1. The first kappa shape index (κ1) is 18.0. The van der Waals surface area contributed by atoms with Gasteiger partial charge in [0.2, 0.25) is 5.56 Å². The van der Waals surface area contributed by atoms with Crippen molar-refractivity contribution in [1.29, 1.82) is 0 Å². The van der Waals surface area contributed by atoms with E-state index in [2.05, 4.69) is 57.1 Å². The van der Waals surface area contributed by atoms with Gasteiger partial charge in [-0.1, -0.05) is 32.9 Å². The lowest BCUT2D eigenvalue weighted by atomic mass is 9.83. The molecule has 0 unspecified atom stereocenters. The van der Waals surface area contributed by atoms with Gasteiger partial charge in [0.1, 0.15) is 0 Å². The number of rotatable bonds is 4. The van der Waals surface area contributed by atoms with E-state index in [4.69, 9.17) is 0 Å². The molecule has 0 bridgehead atoms. The summed E-state index contributed by atoms with van der Waals surface area (Å²) in [5.74, 6) is -0.173. The molecule has 0 radical (unpaired) electrons. The van der Waals surface area contributed by atoms with Gasteiger partial charge in [0.15, 0.2) is 0 Å². The van der Waals surface area contributed by atoms with Crippen LogP contribution in [0.4, 0.5) is 0 Å². The number of aromatic nitrogens is 1. The van der Waals surface area contributed by atoms with Gasteiger partial charge >= 0.3 is 0 Å². The Balaban J connectivity index is 2.03. The van der Waals surface area contributed by atoms with E-state index < -0.39 is 0 Å². The number of aryl methyl sites for hydroxylation is 2. The van der Waals surface area contributed by atoms with E-state index in [9.17, 15) is 9.59 Å². The largest absolute Gasteiger partial charge is 0.352 e. The SMILES string of the molecule is Cc1cc(C(C)(C)C)cc(C)c1CCNC(=O)c1ccc(=O)[nH]c1. The first-order valence-electron chi connectivity index (χ1n) is 8.26. The highest BCUT2D eigenvalue weighted by Gasteiger charge is 2.16. The second kappa shape index (κ2) is 7.04. The Bertz CT molecular complexity index is 755. The van der Waals surface area contributed by atoms with Crippen LogP contribution in [0.2, 0.25) is 0 Å². The summed E-state index contributed by atoms with van der Waals surface area (Å²) in [7, 11) is 0. The van der Waals surface area contributed by atoms with Gasteiger partial charge in [-0.2, -0.15) is 0 Å². The Morgan fingerprint density at radius 2 is 1.75 bits per heavy atom. The van der Waals surface area contributed by atoms with E-state index in [1.807, 2.05) is 0 Å². The first-order valence-corrected chi connectivity index (χ1v) is 8.26. The van der Waals surface area contributed by atoms with Crippen LogP contribution in [-0.2, 0) is 11.8 Å². The van der Waals surface area contributed by atoms with Crippen LogP contribution in [0, 0.1) is 13.8 Å². The first-order chi connectivity index (χ1) is 11.2. The molecular formula is C20H26N2O2. The minimum absolute atomic E-state index is 0.131. The summed E-state index contributed by atoms with van der Waals surface area (Å²) in [5, 5.41) is 2.91. The van der Waals surface area contributed by atoms with Gasteiger partial charge in [-0.25, -0.2) is 0 Å². The molecule has 0 atom stereocenters. The van der Waals surface area contributed by atoms with Gasteiger partial charge in [-0.3, -0.25) is 9.59 Å². The molecule has 0 spiro atoms. The standard InChI is InChI=1S/C20H26N2O2/c1-13-10-16(20(3,4)5)11-14(2)17(13)8-9-21-19(24)15-6-7-18(23)22-12-15/h6-7,10-12H,8-9H2,1-5H3,(H,21,24)(H,22,23). The van der Waals surface area contributed by atoms with Crippen LogP contribution in [-0.4, -0.2) is 17.4 Å². The van der Waals surface area contributed by atoms with Gasteiger partial charge < -0.3 is 10.3 Å². The number of hydrogen-bond donors (Lipinski definition) is 2. The highest BCUT2D eigenvalue weighted by atomic mass is 16.1. The molecule has 2 N–H and O–H groups in total. The monoisotopic (exact) mass is 326 g/mol. The number of nitrogens with one attached hydrogen (secondary N) is 2. The van der Waals surface area contributed by atoms with Crippen molar-refractivity contribution < 1.29 is 4.79 Å². The van der Waals surface area contributed by atoms with Crippen molar-refractivity contribution in [2.45, 2.75) is 46.5 Å². The van der Waals surface area contributed by atoms with Crippen molar-refractivity contribution in [3.05, 3.63) is 68.6 Å². The maximum Gasteiger partial charge on any atom is 0.252 e. The summed E-state index contributed by atoms with van der Waals surface area (Å²) in [6.07, 6.45) is 2.23. The summed E-state index contributed by atoms with van der Waals surface area (Å²) in [4.78, 5) is 25.6. The number of carbonyl (C=O) groups excluding carboxylic acids is 1. The second-order valence-electron chi connectivity index (χ2n) is 7.29. The number of hydrogen-bond acceptors (Lipinski definition) is 2. The number of H-pyrrole nitrogens is 1. The van der Waals surface area contributed by atoms with Crippen LogP contribution in [0.3, 0.4) is 0 Å². The van der Waals surface area contributed by atoms with Gasteiger partial charge in [-0.15, -0.1) is 0 Å². The number of carbonyl (C=O) groups is 1. The summed E-state index contributed by atoms with van der Waals surface area (Å²) in [5.41, 5.74) is 5.52.